The summed E-state index contributed by atoms with van der Waals surface area (Å²) < 4.78 is 7.71. The second kappa shape index (κ2) is 7.11. The Labute approximate surface area is 165 Å². The van der Waals surface area contributed by atoms with Crippen molar-refractivity contribution in [3.63, 3.8) is 0 Å². The molecule has 0 radical (unpaired) electrons. The van der Waals surface area contributed by atoms with Gasteiger partial charge in [-0.15, -0.1) is 0 Å². The maximum atomic E-state index is 11.9. The number of carbonyl (C=O) groups excluding carboxylic acids is 1. The lowest BCUT2D eigenvalue weighted by atomic mass is 10.1. The fourth-order valence-corrected chi connectivity index (χ4v) is 3.85. The minimum absolute atomic E-state index is 0.0641. The summed E-state index contributed by atoms with van der Waals surface area (Å²) in [4.78, 5) is 18.1. The molecule has 0 atom stereocenters. The van der Waals surface area contributed by atoms with Gasteiger partial charge in [-0.3, -0.25) is 0 Å². The van der Waals surface area contributed by atoms with Crippen LogP contribution in [0.15, 0.2) is 10.8 Å². The fourth-order valence-electron chi connectivity index (χ4n) is 3.01. The predicted octanol–water partition coefficient (Wildman–Crippen LogP) is 3.22. The molecule has 0 unspecified atom stereocenters. The van der Waals surface area contributed by atoms with Gasteiger partial charge >= 0.3 is 6.09 Å². The van der Waals surface area contributed by atoms with Crippen molar-refractivity contribution in [3.8, 4) is 0 Å². The van der Waals surface area contributed by atoms with E-state index in [1.807, 2.05) is 20.8 Å². The Hall–Kier alpha value is -1.74. The topological polar surface area (TPSA) is 97.8 Å². The van der Waals surface area contributed by atoms with Gasteiger partial charge in [0.1, 0.15) is 17.4 Å². The third kappa shape index (κ3) is 3.83. The Kier molecular flexibility index (Phi) is 5.21. The standard InChI is InChI=1S/C16H22BrClN6O2/c1-16(2,3)26-15(25)22-9-4-6-23(7-5-9)14-11(18)10(17)12-13(19)20-8-21-24(12)14/h8-9H,4-7H2,1-3H3,(H,22,25)(H2,19,20,21). The first-order valence-corrected chi connectivity index (χ1v) is 9.55. The monoisotopic (exact) mass is 444 g/mol. The fraction of sp³-hybridized carbons (Fsp3) is 0.562. The predicted molar refractivity (Wildman–Crippen MR) is 105 cm³/mol. The van der Waals surface area contributed by atoms with Crippen LogP contribution >= 0.6 is 27.5 Å². The highest BCUT2D eigenvalue weighted by Crippen LogP contribution is 2.40. The van der Waals surface area contributed by atoms with Gasteiger partial charge in [0.15, 0.2) is 11.6 Å². The highest BCUT2D eigenvalue weighted by Gasteiger charge is 2.28. The number of alkyl carbamates (subject to hydrolysis) is 1. The summed E-state index contributed by atoms with van der Waals surface area (Å²) in [5.41, 5.74) is 6.10. The van der Waals surface area contributed by atoms with Crippen LogP contribution in [0.5, 0.6) is 0 Å². The number of amides is 1. The van der Waals surface area contributed by atoms with Gasteiger partial charge in [-0.25, -0.2) is 14.3 Å². The summed E-state index contributed by atoms with van der Waals surface area (Å²) in [7, 11) is 0. The Morgan fingerprint density at radius 1 is 1.42 bits per heavy atom. The van der Waals surface area contributed by atoms with Gasteiger partial charge in [0, 0.05) is 19.1 Å². The van der Waals surface area contributed by atoms with E-state index in [1.165, 1.54) is 6.33 Å². The number of anilines is 2. The van der Waals surface area contributed by atoms with Crippen molar-refractivity contribution in [3.05, 3.63) is 15.8 Å². The van der Waals surface area contributed by atoms with Gasteiger partial charge < -0.3 is 20.7 Å². The number of piperidine rings is 1. The minimum Gasteiger partial charge on any atom is -0.444 e. The number of hydrogen-bond donors (Lipinski definition) is 2. The lowest BCUT2D eigenvalue weighted by Crippen LogP contribution is -2.46. The van der Waals surface area contributed by atoms with E-state index in [0.29, 0.717) is 20.8 Å². The van der Waals surface area contributed by atoms with Gasteiger partial charge in [-0.2, -0.15) is 5.10 Å². The Morgan fingerprint density at radius 2 is 2.08 bits per heavy atom. The van der Waals surface area contributed by atoms with Crippen molar-refractivity contribution in [1.82, 2.24) is 19.9 Å². The van der Waals surface area contributed by atoms with E-state index in [1.54, 1.807) is 4.52 Å². The van der Waals surface area contributed by atoms with Crippen LogP contribution in [0.2, 0.25) is 5.02 Å². The summed E-state index contributed by atoms with van der Waals surface area (Å²) in [6.45, 7) is 6.99. The lowest BCUT2D eigenvalue weighted by Gasteiger charge is -2.33. The second-order valence-corrected chi connectivity index (χ2v) is 8.44. The molecule has 8 nitrogen and oxygen atoms in total. The number of nitrogens with one attached hydrogen (secondary N) is 1. The molecule has 3 N–H and O–H groups in total. The highest BCUT2D eigenvalue weighted by atomic mass is 79.9. The van der Waals surface area contributed by atoms with Gasteiger partial charge in [-0.05, 0) is 49.5 Å². The Bertz CT molecular complexity index is 826. The van der Waals surface area contributed by atoms with Crippen LogP contribution in [0.3, 0.4) is 0 Å². The molecule has 2 aromatic rings. The molecule has 1 fully saturated rings. The number of rotatable bonds is 2. The van der Waals surface area contributed by atoms with E-state index < -0.39 is 5.60 Å². The molecule has 2 aromatic heterocycles. The second-order valence-electron chi connectivity index (χ2n) is 7.26. The van der Waals surface area contributed by atoms with Crippen molar-refractivity contribution >= 4 is 50.8 Å². The highest BCUT2D eigenvalue weighted by molar-refractivity contribution is 9.10. The Morgan fingerprint density at radius 3 is 2.69 bits per heavy atom. The molecule has 3 heterocycles. The zero-order valence-corrected chi connectivity index (χ0v) is 17.3. The molecule has 0 saturated carbocycles. The molecule has 142 valence electrons. The number of halogens is 2. The molecule has 10 heteroatoms. The minimum atomic E-state index is -0.505. The first-order chi connectivity index (χ1) is 12.2. The molecule has 26 heavy (non-hydrogen) atoms. The van der Waals surface area contributed by atoms with Crippen molar-refractivity contribution in [2.75, 3.05) is 23.7 Å². The zero-order chi connectivity index (χ0) is 19.1. The van der Waals surface area contributed by atoms with E-state index in [-0.39, 0.29) is 12.1 Å². The number of nitrogens with two attached hydrogens (primary N) is 1. The van der Waals surface area contributed by atoms with Gasteiger partial charge in [-0.1, -0.05) is 11.6 Å². The van der Waals surface area contributed by atoms with Crippen LogP contribution < -0.4 is 16.0 Å². The molecule has 0 aliphatic carbocycles. The van der Waals surface area contributed by atoms with Gasteiger partial charge in [0.25, 0.3) is 0 Å². The summed E-state index contributed by atoms with van der Waals surface area (Å²) in [5, 5.41) is 7.77. The number of hydrogen-bond acceptors (Lipinski definition) is 6. The van der Waals surface area contributed by atoms with E-state index in [4.69, 9.17) is 22.1 Å². The van der Waals surface area contributed by atoms with Crippen LogP contribution in [0.1, 0.15) is 33.6 Å². The third-order valence-corrected chi connectivity index (χ3v) is 5.49. The maximum Gasteiger partial charge on any atom is 0.407 e. The largest absolute Gasteiger partial charge is 0.444 e. The summed E-state index contributed by atoms with van der Waals surface area (Å²) in [5.74, 6) is 1.14. The lowest BCUT2D eigenvalue weighted by molar-refractivity contribution is 0.0497. The average Bonchev–Trinajstić information content (AvgIpc) is 2.79. The first kappa shape index (κ1) is 19.0. The summed E-state index contributed by atoms with van der Waals surface area (Å²) in [6.07, 6.45) is 2.58. The third-order valence-electron chi connectivity index (χ3n) is 4.13. The molecule has 1 amide bonds. The Balaban J connectivity index is 1.71. The van der Waals surface area contributed by atoms with Crippen molar-refractivity contribution < 1.29 is 9.53 Å². The quantitative estimate of drug-likeness (QED) is 0.736. The number of nitrogen functional groups attached to an aromatic ring is 1. The molecule has 0 aromatic carbocycles. The molecule has 0 spiro atoms. The number of nitrogens with zero attached hydrogens (tertiary/aromatic N) is 4. The van der Waals surface area contributed by atoms with Crippen LogP contribution in [-0.2, 0) is 4.74 Å². The van der Waals surface area contributed by atoms with Crippen LogP contribution in [0, 0.1) is 0 Å². The van der Waals surface area contributed by atoms with E-state index in [2.05, 4.69) is 36.2 Å². The van der Waals surface area contributed by atoms with Crippen molar-refractivity contribution in [2.45, 2.75) is 45.3 Å². The summed E-state index contributed by atoms with van der Waals surface area (Å²) in [6, 6.07) is 0.0641. The first-order valence-electron chi connectivity index (χ1n) is 8.38. The SMILES string of the molecule is CC(C)(C)OC(=O)NC1CCN(c2c(Cl)c(Br)c3c(N)ncnn23)CC1. The molecule has 1 aliphatic rings. The van der Waals surface area contributed by atoms with E-state index >= 15 is 0 Å². The van der Waals surface area contributed by atoms with Crippen molar-refractivity contribution in [1.29, 1.82) is 0 Å². The molecular weight excluding hydrogens is 424 g/mol. The van der Waals surface area contributed by atoms with E-state index in [0.717, 1.165) is 31.7 Å². The molecule has 0 bridgehead atoms. The number of ether oxygens (including phenoxy) is 1. The number of fused-ring (bicyclic) bond motifs is 1. The van der Waals surface area contributed by atoms with E-state index in [9.17, 15) is 4.79 Å². The van der Waals surface area contributed by atoms with Gasteiger partial charge in [0.2, 0.25) is 0 Å². The summed E-state index contributed by atoms with van der Waals surface area (Å²) >= 11 is 9.99. The average molecular weight is 446 g/mol. The normalized spacial score (nSPS) is 16.1. The zero-order valence-electron chi connectivity index (χ0n) is 14.9. The molecule has 1 saturated heterocycles. The van der Waals surface area contributed by atoms with Crippen LogP contribution in [-0.4, -0.2) is 45.4 Å². The number of carbonyl (C=O) groups is 1. The van der Waals surface area contributed by atoms with Crippen molar-refractivity contribution in [2.24, 2.45) is 0 Å². The maximum absolute atomic E-state index is 11.9. The van der Waals surface area contributed by atoms with Gasteiger partial charge in [0.05, 0.1) is 9.50 Å². The number of aromatic nitrogens is 3. The van der Waals surface area contributed by atoms with Crippen LogP contribution in [0.25, 0.3) is 5.52 Å². The molecule has 1 aliphatic heterocycles. The molecular formula is C16H22BrClN6O2. The molecule has 3 rings (SSSR count). The van der Waals surface area contributed by atoms with Crippen LogP contribution in [0.4, 0.5) is 16.4 Å². The smallest absolute Gasteiger partial charge is 0.407 e.